The molecule has 1 amide bonds. The van der Waals surface area contributed by atoms with E-state index in [1.165, 1.54) is 17.8 Å². The van der Waals surface area contributed by atoms with Crippen molar-refractivity contribution in [1.82, 2.24) is 5.32 Å². The highest BCUT2D eigenvalue weighted by molar-refractivity contribution is 7.99. The molecule has 0 saturated carbocycles. The summed E-state index contributed by atoms with van der Waals surface area (Å²) in [4.78, 5) is 18.7. The van der Waals surface area contributed by atoms with E-state index in [1.54, 1.807) is 6.07 Å². The minimum atomic E-state index is -0.605. The zero-order chi connectivity index (χ0) is 17.5. The summed E-state index contributed by atoms with van der Waals surface area (Å²) in [6.45, 7) is 5.72. The molecule has 2 atom stereocenters. The van der Waals surface area contributed by atoms with E-state index in [1.807, 2.05) is 19.9 Å². The van der Waals surface area contributed by atoms with Gasteiger partial charge in [0.2, 0.25) is 6.10 Å². The fraction of sp³-hybridized carbons (Fsp3) is 0.556. The highest BCUT2D eigenvalue weighted by Gasteiger charge is 2.28. The molecule has 1 aliphatic rings. The van der Waals surface area contributed by atoms with Gasteiger partial charge in [-0.05, 0) is 44.7 Å². The topological polar surface area (TPSA) is 50.7 Å². The number of fused-ring (bicyclic) bond motifs is 1. The van der Waals surface area contributed by atoms with Crippen LogP contribution in [0.2, 0.25) is 0 Å². The number of halogens is 1. The minimum Gasteiger partial charge on any atom is -0.382 e. The molecule has 1 N–H and O–H groups in total. The van der Waals surface area contributed by atoms with Crippen molar-refractivity contribution >= 4 is 23.4 Å². The maximum Gasteiger partial charge on any atom is 0.264 e. The SMILES string of the molecule is CCCC[C@@H](ON=C(C)C)C(=O)N[C@@H]1CCSc2c(F)cccc21. The number of hydrogen-bond acceptors (Lipinski definition) is 4. The van der Waals surface area contributed by atoms with E-state index in [0.717, 1.165) is 36.3 Å². The molecule has 0 bridgehead atoms. The lowest BCUT2D eigenvalue weighted by Crippen LogP contribution is -2.39. The van der Waals surface area contributed by atoms with E-state index in [2.05, 4.69) is 17.4 Å². The second-order valence-corrected chi connectivity index (χ2v) is 7.24. The molecule has 1 aliphatic heterocycles. The Morgan fingerprint density at radius 1 is 1.50 bits per heavy atom. The van der Waals surface area contributed by atoms with Crippen molar-refractivity contribution in [3.8, 4) is 0 Å². The Labute approximate surface area is 147 Å². The summed E-state index contributed by atoms with van der Waals surface area (Å²) < 4.78 is 13.9. The predicted octanol–water partition coefficient (Wildman–Crippen LogP) is 4.45. The largest absolute Gasteiger partial charge is 0.382 e. The Balaban J connectivity index is 2.09. The molecule has 1 heterocycles. The maximum absolute atomic E-state index is 13.9. The molecule has 1 aromatic carbocycles. The molecule has 4 nitrogen and oxygen atoms in total. The van der Waals surface area contributed by atoms with E-state index in [0.29, 0.717) is 11.3 Å². The molecule has 0 aromatic heterocycles. The van der Waals surface area contributed by atoms with Gasteiger partial charge in [0.05, 0.1) is 11.8 Å². The monoisotopic (exact) mass is 352 g/mol. The van der Waals surface area contributed by atoms with Gasteiger partial charge in [-0.25, -0.2) is 4.39 Å². The summed E-state index contributed by atoms with van der Waals surface area (Å²) in [5.41, 5.74) is 1.62. The number of carbonyl (C=O) groups excluding carboxylic acids is 1. The van der Waals surface area contributed by atoms with Gasteiger partial charge in [0.25, 0.3) is 5.91 Å². The predicted molar refractivity (Wildman–Crippen MR) is 95.8 cm³/mol. The van der Waals surface area contributed by atoms with Crippen molar-refractivity contribution in [3.05, 3.63) is 29.6 Å². The Kier molecular flexibility index (Phi) is 7.09. The number of amides is 1. The van der Waals surface area contributed by atoms with E-state index in [4.69, 9.17) is 4.84 Å². The van der Waals surface area contributed by atoms with Crippen molar-refractivity contribution in [3.63, 3.8) is 0 Å². The standard InChI is InChI=1S/C18H25FN2O2S/c1-4-5-9-16(23-21-12(2)3)18(22)20-15-10-11-24-17-13(15)7-6-8-14(17)19/h6-8,15-16H,4-5,9-11H2,1-3H3,(H,20,22)/t15-,16-/m1/s1. The quantitative estimate of drug-likeness (QED) is 0.583. The summed E-state index contributed by atoms with van der Waals surface area (Å²) in [5.74, 6) is 0.382. The van der Waals surface area contributed by atoms with Crippen LogP contribution >= 0.6 is 11.8 Å². The van der Waals surface area contributed by atoms with Crippen LogP contribution < -0.4 is 5.32 Å². The first-order valence-electron chi connectivity index (χ1n) is 8.41. The number of benzene rings is 1. The van der Waals surface area contributed by atoms with Crippen LogP contribution in [-0.4, -0.2) is 23.5 Å². The van der Waals surface area contributed by atoms with Crippen LogP contribution in [0.4, 0.5) is 4.39 Å². The first-order valence-corrected chi connectivity index (χ1v) is 9.40. The first-order chi connectivity index (χ1) is 11.5. The van der Waals surface area contributed by atoms with E-state index in [-0.39, 0.29) is 17.8 Å². The van der Waals surface area contributed by atoms with E-state index >= 15 is 0 Å². The van der Waals surface area contributed by atoms with Crippen molar-refractivity contribution in [2.45, 2.75) is 63.5 Å². The van der Waals surface area contributed by atoms with Crippen molar-refractivity contribution in [2.75, 3.05) is 5.75 Å². The minimum absolute atomic E-state index is 0.177. The number of oxime groups is 1. The van der Waals surface area contributed by atoms with Crippen LogP contribution in [-0.2, 0) is 9.63 Å². The van der Waals surface area contributed by atoms with Crippen LogP contribution in [0, 0.1) is 5.82 Å². The van der Waals surface area contributed by atoms with Crippen LogP contribution in [0.25, 0.3) is 0 Å². The molecular weight excluding hydrogens is 327 g/mol. The van der Waals surface area contributed by atoms with Gasteiger partial charge in [0.1, 0.15) is 5.82 Å². The zero-order valence-corrected chi connectivity index (χ0v) is 15.3. The normalized spacial score (nSPS) is 17.6. The van der Waals surface area contributed by atoms with Crippen LogP contribution in [0.15, 0.2) is 28.3 Å². The summed E-state index contributed by atoms with van der Waals surface area (Å²) in [6.07, 6.45) is 2.67. The summed E-state index contributed by atoms with van der Waals surface area (Å²) in [6, 6.07) is 4.85. The Morgan fingerprint density at radius 2 is 2.29 bits per heavy atom. The third kappa shape index (κ3) is 4.97. The molecule has 0 radical (unpaired) electrons. The molecule has 6 heteroatoms. The smallest absolute Gasteiger partial charge is 0.264 e. The number of carbonyl (C=O) groups is 1. The molecule has 0 fully saturated rings. The molecule has 0 spiro atoms. The lowest BCUT2D eigenvalue weighted by Gasteiger charge is -2.27. The summed E-state index contributed by atoms with van der Waals surface area (Å²) >= 11 is 1.50. The number of nitrogens with zero attached hydrogens (tertiary/aromatic N) is 1. The Hall–Kier alpha value is -1.56. The van der Waals surface area contributed by atoms with Crippen LogP contribution in [0.5, 0.6) is 0 Å². The molecular formula is C18H25FN2O2S. The van der Waals surface area contributed by atoms with Gasteiger partial charge >= 0.3 is 0 Å². The Bertz CT molecular complexity index is 603. The average molecular weight is 352 g/mol. The number of nitrogens with one attached hydrogen (secondary N) is 1. The third-order valence-corrected chi connectivity index (χ3v) is 4.98. The zero-order valence-electron chi connectivity index (χ0n) is 14.5. The highest BCUT2D eigenvalue weighted by Crippen LogP contribution is 2.37. The lowest BCUT2D eigenvalue weighted by molar-refractivity contribution is -0.134. The molecule has 132 valence electrons. The second kappa shape index (κ2) is 9.06. The molecule has 0 unspecified atom stereocenters. The van der Waals surface area contributed by atoms with Gasteiger partial charge in [-0.1, -0.05) is 30.6 Å². The molecule has 24 heavy (non-hydrogen) atoms. The third-order valence-electron chi connectivity index (χ3n) is 3.82. The van der Waals surface area contributed by atoms with Gasteiger partial charge in [0.15, 0.2) is 0 Å². The number of rotatable bonds is 7. The van der Waals surface area contributed by atoms with Crippen molar-refractivity contribution in [1.29, 1.82) is 0 Å². The van der Waals surface area contributed by atoms with Gasteiger partial charge in [0, 0.05) is 10.6 Å². The molecule has 2 rings (SSSR count). The number of unbranched alkanes of at least 4 members (excludes halogenated alkanes) is 1. The summed E-state index contributed by atoms with van der Waals surface area (Å²) in [7, 11) is 0. The first kappa shape index (κ1) is 18.8. The van der Waals surface area contributed by atoms with E-state index in [9.17, 15) is 9.18 Å². The van der Waals surface area contributed by atoms with Crippen LogP contribution in [0.3, 0.4) is 0 Å². The highest BCUT2D eigenvalue weighted by atomic mass is 32.2. The Morgan fingerprint density at radius 3 is 3.00 bits per heavy atom. The van der Waals surface area contributed by atoms with Gasteiger partial charge in [-0.15, -0.1) is 11.8 Å². The van der Waals surface area contributed by atoms with Gasteiger partial charge in [-0.3, -0.25) is 4.79 Å². The van der Waals surface area contributed by atoms with Crippen molar-refractivity contribution < 1.29 is 14.0 Å². The van der Waals surface area contributed by atoms with Gasteiger partial charge < -0.3 is 10.2 Å². The molecule has 0 aliphatic carbocycles. The maximum atomic E-state index is 13.9. The van der Waals surface area contributed by atoms with Crippen LogP contribution in [0.1, 0.15) is 58.1 Å². The average Bonchev–Trinajstić information content (AvgIpc) is 2.55. The van der Waals surface area contributed by atoms with Gasteiger partial charge in [-0.2, -0.15) is 0 Å². The lowest BCUT2D eigenvalue weighted by atomic mass is 10.0. The van der Waals surface area contributed by atoms with E-state index < -0.39 is 6.10 Å². The molecule has 0 saturated heterocycles. The fourth-order valence-electron chi connectivity index (χ4n) is 2.59. The molecule has 1 aromatic rings. The fourth-order valence-corrected chi connectivity index (χ4v) is 3.73. The summed E-state index contributed by atoms with van der Waals surface area (Å²) in [5, 5.41) is 6.96. The number of hydrogen-bond donors (Lipinski definition) is 1. The second-order valence-electron chi connectivity index (χ2n) is 6.13. The number of thioether (sulfide) groups is 1. The van der Waals surface area contributed by atoms with Crippen molar-refractivity contribution in [2.24, 2.45) is 5.16 Å².